The van der Waals surface area contributed by atoms with Gasteiger partial charge in [-0.25, -0.2) is 4.99 Å². The zero-order valence-electron chi connectivity index (χ0n) is 19.1. The fourth-order valence-corrected chi connectivity index (χ4v) is 3.71. The number of benzene rings is 1. The highest BCUT2D eigenvalue weighted by molar-refractivity contribution is 5.79. The molecule has 1 aliphatic heterocycles. The highest BCUT2D eigenvalue weighted by atomic mass is 16.5. The average Bonchev–Trinajstić information content (AvgIpc) is 3.21. The first-order valence-corrected chi connectivity index (χ1v) is 11.1. The third kappa shape index (κ3) is 6.56. The van der Waals surface area contributed by atoms with Crippen molar-refractivity contribution in [3.8, 4) is 0 Å². The summed E-state index contributed by atoms with van der Waals surface area (Å²) >= 11 is 0. The zero-order valence-corrected chi connectivity index (χ0v) is 19.1. The van der Waals surface area contributed by atoms with Gasteiger partial charge >= 0.3 is 0 Å². The summed E-state index contributed by atoms with van der Waals surface area (Å²) in [4.78, 5) is 7.09. The van der Waals surface area contributed by atoms with E-state index in [0.29, 0.717) is 18.3 Å². The monoisotopic (exact) mass is 428 g/mol. The van der Waals surface area contributed by atoms with Crippen LogP contribution in [-0.4, -0.2) is 61.9 Å². The molecule has 3 N–H and O–H groups in total. The summed E-state index contributed by atoms with van der Waals surface area (Å²) in [5.41, 5.74) is 1.36. The standard InChI is InChI=1S/C24H36N4O3/c1-5-25-23(27-17-24(4,29)22-11-8-19(3)31-22)26-16-21(28-12-14-30-15-13-28)20-9-6-18(2)7-10-20/h6-11,21,29H,5,12-17H2,1-4H3,(H2,25,26,27). The Hall–Kier alpha value is -2.35. The molecule has 0 aliphatic carbocycles. The van der Waals surface area contributed by atoms with Crippen molar-refractivity contribution in [2.75, 3.05) is 45.9 Å². The van der Waals surface area contributed by atoms with Gasteiger partial charge in [-0.05, 0) is 45.4 Å². The molecular weight excluding hydrogens is 392 g/mol. The molecule has 7 nitrogen and oxygen atoms in total. The molecular formula is C24H36N4O3. The summed E-state index contributed by atoms with van der Waals surface area (Å²) in [6, 6.07) is 12.6. The van der Waals surface area contributed by atoms with Crippen molar-refractivity contribution < 1.29 is 14.3 Å². The van der Waals surface area contributed by atoms with Crippen molar-refractivity contribution in [1.29, 1.82) is 0 Å². The Bertz CT molecular complexity index is 839. The van der Waals surface area contributed by atoms with Gasteiger partial charge in [0.2, 0.25) is 0 Å². The Morgan fingerprint density at radius 1 is 1.13 bits per heavy atom. The Morgan fingerprint density at radius 2 is 1.84 bits per heavy atom. The predicted octanol–water partition coefficient (Wildman–Crippen LogP) is 2.73. The number of hydrogen-bond acceptors (Lipinski definition) is 5. The van der Waals surface area contributed by atoms with Gasteiger partial charge in [-0.15, -0.1) is 0 Å². The van der Waals surface area contributed by atoms with E-state index in [1.165, 1.54) is 11.1 Å². The van der Waals surface area contributed by atoms with E-state index in [1.54, 1.807) is 13.0 Å². The maximum atomic E-state index is 10.8. The number of hydrogen-bond donors (Lipinski definition) is 3. The van der Waals surface area contributed by atoms with E-state index in [2.05, 4.69) is 51.7 Å². The SMILES string of the molecule is CCNC(=NCC(C)(O)c1ccc(C)o1)NCC(c1ccc(C)cc1)N1CCOCC1. The van der Waals surface area contributed by atoms with Crippen molar-refractivity contribution in [3.63, 3.8) is 0 Å². The molecule has 1 saturated heterocycles. The van der Waals surface area contributed by atoms with Crippen LogP contribution in [0.1, 0.15) is 42.5 Å². The number of aliphatic hydroxyl groups is 1. The van der Waals surface area contributed by atoms with Crippen LogP contribution in [-0.2, 0) is 10.3 Å². The van der Waals surface area contributed by atoms with E-state index < -0.39 is 5.60 Å². The quantitative estimate of drug-likeness (QED) is 0.443. The molecule has 2 atom stereocenters. The Morgan fingerprint density at radius 3 is 2.45 bits per heavy atom. The van der Waals surface area contributed by atoms with Gasteiger partial charge in [-0.2, -0.15) is 0 Å². The van der Waals surface area contributed by atoms with Crippen molar-refractivity contribution in [3.05, 3.63) is 59.0 Å². The van der Waals surface area contributed by atoms with E-state index in [4.69, 9.17) is 9.15 Å². The van der Waals surface area contributed by atoms with Gasteiger partial charge in [-0.1, -0.05) is 29.8 Å². The van der Waals surface area contributed by atoms with Crippen LogP contribution in [0.4, 0.5) is 0 Å². The smallest absolute Gasteiger partial charge is 0.191 e. The van der Waals surface area contributed by atoms with Crippen molar-refractivity contribution in [2.24, 2.45) is 4.99 Å². The minimum atomic E-state index is -1.17. The van der Waals surface area contributed by atoms with E-state index in [1.807, 2.05) is 19.9 Å². The molecule has 2 unspecified atom stereocenters. The van der Waals surface area contributed by atoms with Gasteiger partial charge in [0.15, 0.2) is 5.96 Å². The molecule has 2 heterocycles. The van der Waals surface area contributed by atoms with Crippen molar-refractivity contribution >= 4 is 5.96 Å². The van der Waals surface area contributed by atoms with Crippen LogP contribution in [0, 0.1) is 13.8 Å². The molecule has 3 rings (SSSR count). The lowest BCUT2D eigenvalue weighted by atomic mass is 10.0. The van der Waals surface area contributed by atoms with Crippen LogP contribution in [0.25, 0.3) is 0 Å². The second kappa shape index (κ2) is 10.8. The normalized spacial score (nSPS) is 18.4. The van der Waals surface area contributed by atoms with Gasteiger partial charge in [0.25, 0.3) is 0 Å². The topological polar surface area (TPSA) is 82.3 Å². The van der Waals surface area contributed by atoms with Gasteiger partial charge in [0.1, 0.15) is 17.1 Å². The van der Waals surface area contributed by atoms with Crippen LogP contribution < -0.4 is 10.6 Å². The van der Waals surface area contributed by atoms with E-state index >= 15 is 0 Å². The van der Waals surface area contributed by atoms with E-state index in [0.717, 1.165) is 38.6 Å². The molecule has 2 aromatic rings. The van der Waals surface area contributed by atoms with Crippen LogP contribution in [0.3, 0.4) is 0 Å². The Balaban J connectivity index is 1.71. The predicted molar refractivity (Wildman–Crippen MR) is 123 cm³/mol. The third-order valence-electron chi connectivity index (χ3n) is 5.57. The largest absolute Gasteiger partial charge is 0.463 e. The lowest BCUT2D eigenvalue weighted by Gasteiger charge is -2.35. The second-order valence-electron chi connectivity index (χ2n) is 8.34. The number of ether oxygens (including phenoxy) is 1. The molecule has 0 spiro atoms. The number of morpholine rings is 1. The van der Waals surface area contributed by atoms with Crippen LogP contribution >= 0.6 is 0 Å². The van der Waals surface area contributed by atoms with E-state index in [9.17, 15) is 5.11 Å². The maximum Gasteiger partial charge on any atom is 0.191 e. The molecule has 170 valence electrons. The molecule has 1 aromatic heterocycles. The molecule has 7 heteroatoms. The van der Waals surface area contributed by atoms with Crippen molar-refractivity contribution in [2.45, 2.75) is 39.3 Å². The molecule has 1 aliphatic rings. The summed E-state index contributed by atoms with van der Waals surface area (Å²) in [5.74, 6) is 1.97. The first kappa shape index (κ1) is 23.3. The first-order valence-electron chi connectivity index (χ1n) is 11.1. The van der Waals surface area contributed by atoms with E-state index in [-0.39, 0.29) is 12.6 Å². The zero-order chi connectivity index (χ0) is 22.3. The molecule has 31 heavy (non-hydrogen) atoms. The summed E-state index contributed by atoms with van der Waals surface area (Å²) in [6.45, 7) is 12.7. The highest BCUT2D eigenvalue weighted by Crippen LogP contribution is 2.24. The van der Waals surface area contributed by atoms with Gasteiger partial charge in [0, 0.05) is 26.2 Å². The molecule has 0 bridgehead atoms. The summed E-state index contributed by atoms with van der Waals surface area (Å²) in [7, 11) is 0. The second-order valence-corrected chi connectivity index (χ2v) is 8.34. The summed E-state index contributed by atoms with van der Waals surface area (Å²) < 4.78 is 11.2. The number of nitrogens with one attached hydrogen (secondary N) is 2. The van der Waals surface area contributed by atoms with Crippen LogP contribution in [0.15, 0.2) is 45.8 Å². The number of aliphatic imine (C=N–C) groups is 1. The lowest BCUT2D eigenvalue weighted by Crippen LogP contribution is -2.46. The summed E-state index contributed by atoms with van der Waals surface area (Å²) in [6.07, 6.45) is 0. The minimum absolute atomic E-state index is 0.196. The lowest BCUT2D eigenvalue weighted by molar-refractivity contribution is 0.0169. The van der Waals surface area contributed by atoms with Gasteiger partial charge in [-0.3, -0.25) is 4.90 Å². The average molecular weight is 429 g/mol. The number of rotatable bonds is 8. The Labute approximate surface area is 185 Å². The summed E-state index contributed by atoms with van der Waals surface area (Å²) in [5, 5.41) is 17.6. The van der Waals surface area contributed by atoms with Crippen LogP contribution in [0.5, 0.6) is 0 Å². The van der Waals surface area contributed by atoms with Crippen LogP contribution in [0.2, 0.25) is 0 Å². The first-order chi connectivity index (χ1) is 14.9. The molecule has 0 saturated carbocycles. The van der Waals surface area contributed by atoms with Crippen molar-refractivity contribution in [1.82, 2.24) is 15.5 Å². The van der Waals surface area contributed by atoms with Gasteiger partial charge < -0.3 is 24.9 Å². The van der Waals surface area contributed by atoms with Gasteiger partial charge in [0.05, 0.1) is 25.8 Å². The number of guanidine groups is 1. The molecule has 1 aromatic carbocycles. The highest BCUT2D eigenvalue weighted by Gasteiger charge is 2.27. The Kier molecular flexibility index (Phi) is 8.12. The minimum Gasteiger partial charge on any atom is -0.463 e. The number of aryl methyl sites for hydroxylation is 2. The number of furan rings is 1. The maximum absolute atomic E-state index is 10.8. The third-order valence-corrected chi connectivity index (χ3v) is 5.57. The molecule has 0 radical (unpaired) electrons. The number of nitrogens with zero attached hydrogens (tertiary/aromatic N) is 2. The fourth-order valence-electron chi connectivity index (χ4n) is 3.71. The molecule has 0 amide bonds. The fraction of sp³-hybridized carbons (Fsp3) is 0.542. The molecule has 1 fully saturated rings.